The highest BCUT2D eigenvalue weighted by Crippen LogP contribution is 2.26. The second-order valence-electron chi connectivity index (χ2n) is 7.88. The van der Waals surface area contributed by atoms with E-state index in [-0.39, 0.29) is 16.0 Å². The van der Waals surface area contributed by atoms with Crippen molar-refractivity contribution in [2.45, 2.75) is 43.0 Å². The molecule has 3 rings (SSSR count). The van der Waals surface area contributed by atoms with Gasteiger partial charge in [-0.3, -0.25) is 10.1 Å². The van der Waals surface area contributed by atoms with Gasteiger partial charge in [0.15, 0.2) is 5.11 Å². The molecule has 0 unspecified atom stereocenters. The van der Waals surface area contributed by atoms with E-state index in [4.69, 9.17) is 21.7 Å². The number of halogens is 1. The third-order valence-electron chi connectivity index (χ3n) is 5.32. The zero-order valence-electron chi connectivity index (χ0n) is 18.8. The Morgan fingerprint density at radius 1 is 1.09 bits per heavy atom. The summed E-state index contributed by atoms with van der Waals surface area (Å²) in [5.41, 5.74) is 0.954. The summed E-state index contributed by atoms with van der Waals surface area (Å²) in [6.45, 7) is 0.851. The molecule has 0 radical (unpaired) electrons. The van der Waals surface area contributed by atoms with Gasteiger partial charge in [-0.05, 0) is 83.5 Å². The van der Waals surface area contributed by atoms with E-state index in [0.717, 1.165) is 32.1 Å². The average Bonchev–Trinajstić information content (AvgIpc) is 2.81. The third kappa shape index (κ3) is 7.74. The van der Waals surface area contributed by atoms with E-state index in [1.54, 1.807) is 37.4 Å². The van der Waals surface area contributed by atoms with E-state index in [0.29, 0.717) is 34.7 Å². The minimum absolute atomic E-state index is 0.00892. The summed E-state index contributed by atoms with van der Waals surface area (Å²) in [6, 6.07) is 11.2. The van der Waals surface area contributed by atoms with Crippen molar-refractivity contribution >= 4 is 54.9 Å². The largest absolute Gasteiger partial charge is 0.490 e. The Hall–Kier alpha value is -2.05. The van der Waals surface area contributed by atoms with E-state index in [9.17, 15) is 13.2 Å². The summed E-state index contributed by atoms with van der Waals surface area (Å²) in [5.74, 6) is 0.208. The lowest BCUT2D eigenvalue weighted by Crippen LogP contribution is -2.36. The van der Waals surface area contributed by atoms with Crippen LogP contribution in [0.1, 0.15) is 42.5 Å². The number of carbonyl (C=O) groups is 1. The summed E-state index contributed by atoms with van der Waals surface area (Å²) in [5, 5.41) is 5.60. The average molecular weight is 571 g/mol. The van der Waals surface area contributed by atoms with Crippen LogP contribution in [-0.2, 0) is 14.8 Å². The number of rotatable bonds is 9. The number of thiocarbonyl (C=S) groups is 1. The van der Waals surface area contributed by atoms with Crippen molar-refractivity contribution in [1.29, 1.82) is 0 Å². The van der Waals surface area contributed by atoms with Crippen LogP contribution in [0.15, 0.2) is 51.8 Å². The molecule has 184 valence electrons. The van der Waals surface area contributed by atoms with Crippen molar-refractivity contribution in [2.75, 3.05) is 25.6 Å². The van der Waals surface area contributed by atoms with E-state index in [1.807, 2.05) is 0 Å². The van der Waals surface area contributed by atoms with Crippen LogP contribution in [0.25, 0.3) is 0 Å². The van der Waals surface area contributed by atoms with Crippen molar-refractivity contribution in [3.8, 4) is 5.75 Å². The number of ether oxygens (including phenoxy) is 2. The quantitative estimate of drug-likeness (QED) is 0.307. The minimum atomic E-state index is -3.58. The molecule has 1 aliphatic rings. The molecule has 0 saturated heterocycles. The summed E-state index contributed by atoms with van der Waals surface area (Å²) in [6.07, 6.45) is 4.98. The SMILES string of the molecule is COCCOc1ccc(C(=O)NC(=S)Nc2ccc(S(=O)(=O)NC3CCCCC3)cc2)cc1Br. The Morgan fingerprint density at radius 3 is 2.44 bits per heavy atom. The molecule has 1 fully saturated rings. The maximum absolute atomic E-state index is 12.6. The van der Waals surface area contributed by atoms with E-state index >= 15 is 0 Å². The van der Waals surface area contributed by atoms with Gasteiger partial charge in [0.05, 0.1) is 16.0 Å². The first kappa shape index (κ1) is 26.6. The van der Waals surface area contributed by atoms with Gasteiger partial charge in [-0.1, -0.05) is 19.3 Å². The van der Waals surface area contributed by atoms with Crippen LogP contribution >= 0.6 is 28.1 Å². The second-order valence-corrected chi connectivity index (χ2v) is 10.9. The normalized spacial score (nSPS) is 14.4. The molecule has 3 N–H and O–H groups in total. The molecular weight excluding hydrogens is 542 g/mol. The number of hydrogen-bond acceptors (Lipinski definition) is 6. The first-order valence-electron chi connectivity index (χ1n) is 10.9. The van der Waals surface area contributed by atoms with Crippen LogP contribution < -0.4 is 20.1 Å². The molecule has 1 amide bonds. The van der Waals surface area contributed by atoms with Gasteiger partial charge in [0.1, 0.15) is 12.4 Å². The maximum Gasteiger partial charge on any atom is 0.257 e. The molecule has 0 bridgehead atoms. The highest BCUT2D eigenvalue weighted by molar-refractivity contribution is 9.10. The number of anilines is 1. The predicted octanol–water partition coefficient (Wildman–Crippen LogP) is 4.21. The number of carbonyl (C=O) groups excluding carboxylic acids is 1. The summed E-state index contributed by atoms with van der Waals surface area (Å²) >= 11 is 8.63. The second kappa shape index (κ2) is 12.6. The van der Waals surface area contributed by atoms with Crippen molar-refractivity contribution in [3.05, 3.63) is 52.5 Å². The van der Waals surface area contributed by atoms with Gasteiger partial charge in [-0.2, -0.15) is 0 Å². The van der Waals surface area contributed by atoms with E-state index < -0.39 is 15.9 Å². The predicted molar refractivity (Wildman–Crippen MR) is 139 cm³/mol. The molecule has 34 heavy (non-hydrogen) atoms. The molecule has 2 aromatic rings. The Labute approximate surface area is 214 Å². The fourth-order valence-electron chi connectivity index (χ4n) is 3.56. The molecule has 0 spiro atoms. The Bertz CT molecular complexity index is 1100. The van der Waals surface area contributed by atoms with Crippen LogP contribution in [0.5, 0.6) is 5.75 Å². The smallest absolute Gasteiger partial charge is 0.257 e. The summed E-state index contributed by atoms with van der Waals surface area (Å²) < 4.78 is 39.2. The highest BCUT2D eigenvalue weighted by atomic mass is 79.9. The van der Waals surface area contributed by atoms with Gasteiger partial charge in [0, 0.05) is 24.4 Å². The lowest BCUT2D eigenvalue weighted by Gasteiger charge is -2.22. The zero-order valence-corrected chi connectivity index (χ0v) is 22.0. The molecule has 2 aromatic carbocycles. The maximum atomic E-state index is 12.6. The molecule has 0 aliphatic heterocycles. The van der Waals surface area contributed by atoms with Crippen LogP contribution in [0.2, 0.25) is 0 Å². The fourth-order valence-corrected chi connectivity index (χ4v) is 5.57. The fraction of sp³-hybridized carbons (Fsp3) is 0.391. The first-order chi connectivity index (χ1) is 16.3. The van der Waals surface area contributed by atoms with Gasteiger partial charge in [-0.15, -0.1) is 0 Å². The summed E-state index contributed by atoms with van der Waals surface area (Å²) in [4.78, 5) is 12.7. The van der Waals surface area contributed by atoms with Crippen molar-refractivity contribution in [1.82, 2.24) is 10.0 Å². The van der Waals surface area contributed by atoms with Crippen molar-refractivity contribution in [2.24, 2.45) is 0 Å². The van der Waals surface area contributed by atoms with Crippen LogP contribution in [0.3, 0.4) is 0 Å². The van der Waals surface area contributed by atoms with E-state index in [1.165, 1.54) is 12.1 Å². The lowest BCUT2D eigenvalue weighted by molar-refractivity contribution is 0.0977. The number of sulfonamides is 1. The molecule has 0 atom stereocenters. The van der Waals surface area contributed by atoms with Crippen LogP contribution in [0, 0.1) is 0 Å². The van der Waals surface area contributed by atoms with Gasteiger partial charge >= 0.3 is 0 Å². The number of hydrogen-bond donors (Lipinski definition) is 3. The van der Waals surface area contributed by atoms with Crippen LogP contribution in [-0.4, -0.2) is 45.8 Å². The van der Waals surface area contributed by atoms with Crippen molar-refractivity contribution in [3.63, 3.8) is 0 Å². The van der Waals surface area contributed by atoms with Crippen LogP contribution in [0.4, 0.5) is 5.69 Å². The topological polar surface area (TPSA) is 106 Å². The molecule has 1 saturated carbocycles. The molecule has 1 aliphatic carbocycles. The van der Waals surface area contributed by atoms with Gasteiger partial charge in [-0.25, -0.2) is 13.1 Å². The number of benzene rings is 2. The van der Waals surface area contributed by atoms with Crippen molar-refractivity contribution < 1.29 is 22.7 Å². The number of methoxy groups -OCH3 is 1. The Kier molecular flexibility index (Phi) is 9.84. The first-order valence-corrected chi connectivity index (χ1v) is 13.6. The molecule has 8 nitrogen and oxygen atoms in total. The number of amides is 1. The number of nitrogens with one attached hydrogen (secondary N) is 3. The third-order valence-corrected chi connectivity index (χ3v) is 7.68. The molecule has 0 heterocycles. The summed E-state index contributed by atoms with van der Waals surface area (Å²) in [7, 11) is -1.99. The molecule has 0 aromatic heterocycles. The van der Waals surface area contributed by atoms with Gasteiger partial charge < -0.3 is 14.8 Å². The van der Waals surface area contributed by atoms with E-state index in [2.05, 4.69) is 31.3 Å². The Morgan fingerprint density at radius 2 is 1.79 bits per heavy atom. The molecule has 11 heteroatoms. The van der Waals surface area contributed by atoms with Gasteiger partial charge in [0.25, 0.3) is 5.91 Å². The standard InChI is InChI=1S/C23H28BrN3O5S2/c1-31-13-14-32-21-12-7-16(15-20(21)24)22(28)26-23(33)25-17-8-10-19(11-9-17)34(29,30)27-18-5-3-2-4-6-18/h7-12,15,18,27H,2-6,13-14H2,1H3,(H2,25,26,28,33). The minimum Gasteiger partial charge on any atom is -0.490 e. The molecular formula is C23H28BrN3O5S2. The monoisotopic (exact) mass is 569 g/mol. The highest BCUT2D eigenvalue weighted by Gasteiger charge is 2.21. The zero-order chi connectivity index (χ0) is 24.6. The van der Waals surface area contributed by atoms with Gasteiger partial charge in [0.2, 0.25) is 10.0 Å². The Balaban J connectivity index is 1.54. The lowest BCUT2D eigenvalue weighted by atomic mass is 9.96.